The minimum Gasteiger partial charge on any atom is -0.314 e. The maximum atomic E-state index is 3.64. The summed E-state index contributed by atoms with van der Waals surface area (Å²) >= 11 is 1.90. The summed E-state index contributed by atoms with van der Waals surface area (Å²) < 4.78 is 0. The highest BCUT2D eigenvalue weighted by molar-refractivity contribution is 7.10. The minimum atomic E-state index is 0.747. The number of hydrogen-bond donors (Lipinski definition) is 1. The summed E-state index contributed by atoms with van der Waals surface area (Å²) in [6.45, 7) is 5.60. The predicted molar refractivity (Wildman–Crippen MR) is 72.3 cm³/mol. The van der Waals surface area contributed by atoms with E-state index in [4.69, 9.17) is 0 Å². The maximum absolute atomic E-state index is 3.64. The molecule has 16 heavy (non-hydrogen) atoms. The number of aryl methyl sites for hydroxylation is 1. The Morgan fingerprint density at radius 2 is 2.19 bits per heavy atom. The SMILES string of the molecule is CCNC1CCCCC(c2ccsc2C)C1. The van der Waals surface area contributed by atoms with Gasteiger partial charge in [0.25, 0.3) is 0 Å². The van der Waals surface area contributed by atoms with E-state index in [1.807, 2.05) is 11.3 Å². The maximum Gasteiger partial charge on any atom is 0.00727 e. The molecule has 2 rings (SSSR count). The average molecular weight is 237 g/mol. The highest BCUT2D eigenvalue weighted by atomic mass is 32.1. The lowest BCUT2D eigenvalue weighted by Crippen LogP contribution is -2.29. The molecule has 2 atom stereocenters. The molecule has 1 nitrogen and oxygen atoms in total. The van der Waals surface area contributed by atoms with E-state index >= 15 is 0 Å². The van der Waals surface area contributed by atoms with E-state index in [-0.39, 0.29) is 0 Å². The summed E-state index contributed by atoms with van der Waals surface area (Å²) in [4.78, 5) is 1.53. The number of hydrogen-bond acceptors (Lipinski definition) is 2. The first-order chi connectivity index (χ1) is 7.81. The molecule has 0 aliphatic heterocycles. The minimum absolute atomic E-state index is 0.747. The normalized spacial score (nSPS) is 26.6. The Morgan fingerprint density at radius 1 is 1.38 bits per heavy atom. The van der Waals surface area contributed by atoms with Crippen molar-refractivity contribution in [1.82, 2.24) is 5.32 Å². The second-order valence-electron chi connectivity index (χ2n) is 4.90. The Hall–Kier alpha value is -0.340. The van der Waals surface area contributed by atoms with Gasteiger partial charge in [0.2, 0.25) is 0 Å². The standard InChI is InChI=1S/C14H23NS/c1-3-15-13-7-5-4-6-12(10-13)14-8-9-16-11(14)2/h8-9,12-13,15H,3-7,10H2,1-2H3. The largest absolute Gasteiger partial charge is 0.314 e. The number of rotatable bonds is 3. The summed E-state index contributed by atoms with van der Waals surface area (Å²) in [7, 11) is 0. The molecule has 0 bridgehead atoms. The van der Waals surface area contributed by atoms with Gasteiger partial charge in [-0.25, -0.2) is 0 Å². The molecule has 0 radical (unpaired) electrons. The van der Waals surface area contributed by atoms with Crippen molar-refractivity contribution in [3.63, 3.8) is 0 Å². The van der Waals surface area contributed by atoms with Gasteiger partial charge in [-0.2, -0.15) is 0 Å². The van der Waals surface area contributed by atoms with Gasteiger partial charge in [0.15, 0.2) is 0 Å². The van der Waals surface area contributed by atoms with Gasteiger partial charge in [0.05, 0.1) is 0 Å². The van der Waals surface area contributed by atoms with E-state index in [0.29, 0.717) is 0 Å². The molecule has 1 N–H and O–H groups in total. The van der Waals surface area contributed by atoms with Crippen LogP contribution in [0, 0.1) is 6.92 Å². The first kappa shape index (κ1) is 12.1. The average Bonchev–Trinajstić information content (AvgIpc) is 2.56. The Kier molecular flexibility index (Phi) is 4.42. The molecule has 1 aromatic rings. The van der Waals surface area contributed by atoms with Crippen molar-refractivity contribution in [3.8, 4) is 0 Å². The Morgan fingerprint density at radius 3 is 2.88 bits per heavy atom. The zero-order valence-electron chi connectivity index (χ0n) is 10.5. The van der Waals surface area contributed by atoms with Gasteiger partial charge in [0, 0.05) is 10.9 Å². The molecule has 1 aliphatic rings. The first-order valence-corrected chi connectivity index (χ1v) is 7.46. The molecule has 90 valence electrons. The van der Waals surface area contributed by atoms with Crippen molar-refractivity contribution in [2.75, 3.05) is 6.54 Å². The molecule has 0 aromatic carbocycles. The molecule has 1 aliphatic carbocycles. The summed E-state index contributed by atoms with van der Waals surface area (Å²) in [6.07, 6.45) is 6.90. The Bertz CT molecular complexity index is 318. The summed E-state index contributed by atoms with van der Waals surface area (Å²) in [5, 5.41) is 5.89. The van der Waals surface area contributed by atoms with Crippen molar-refractivity contribution in [1.29, 1.82) is 0 Å². The lowest BCUT2D eigenvalue weighted by Gasteiger charge is -2.20. The van der Waals surface area contributed by atoms with Crippen molar-refractivity contribution in [2.45, 2.75) is 57.9 Å². The van der Waals surface area contributed by atoms with Crippen molar-refractivity contribution in [2.24, 2.45) is 0 Å². The molecule has 1 fully saturated rings. The van der Waals surface area contributed by atoms with Gasteiger partial charge in [-0.15, -0.1) is 11.3 Å². The van der Waals surface area contributed by atoms with E-state index in [0.717, 1.165) is 18.5 Å². The van der Waals surface area contributed by atoms with Crippen molar-refractivity contribution in [3.05, 3.63) is 21.9 Å². The van der Waals surface area contributed by atoms with Crippen molar-refractivity contribution >= 4 is 11.3 Å². The first-order valence-electron chi connectivity index (χ1n) is 6.58. The van der Waals surface area contributed by atoms with Crippen LogP contribution in [0.3, 0.4) is 0 Å². The zero-order valence-corrected chi connectivity index (χ0v) is 11.3. The highest BCUT2D eigenvalue weighted by Gasteiger charge is 2.22. The lowest BCUT2D eigenvalue weighted by molar-refractivity contribution is 0.449. The molecule has 0 spiro atoms. The summed E-state index contributed by atoms with van der Waals surface area (Å²) in [5.41, 5.74) is 1.62. The zero-order chi connectivity index (χ0) is 11.4. The number of nitrogens with one attached hydrogen (secondary N) is 1. The van der Waals surface area contributed by atoms with E-state index < -0.39 is 0 Å². The lowest BCUT2D eigenvalue weighted by atomic mass is 9.91. The molecule has 2 unspecified atom stereocenters. The van der Waals surface area contributed by atoms with Crippen LogP contribution in [0.15, 0.2) is 11.4 Å². The summed E-state index contributed by atoms with van der Waals surface area (Å²) in [5.74, 6) is 0.804. The van der Waals surface area contributed by atoms with Crippen LogP contribution in [0.25, 0.3) is 0 Å². The fourth-order valence-electron chi connectivity index (χ4n) is 2.94. The second kappa shape index (κ2) is 5.83. The molecule has 1 saturated carbocycles. The highest BCUT2D eigenvalue weighted by Crippen LogP contribution is 2.35. The van der Waals surface area contributed by atoms with Crippen LogP contribution in [-0.4, -0.2) is 12.6 Å². The molecular weight excluding hydrogens is 214 g/mol. The third-order valence-corrected chi connectivity index (χ3v) is 4.62. The van der Waals surface area contributed by atoms with Crippen LogP contribution in [0.2, 0.25) is 0 Å². The van der Waals surface area contributed by atoms with Gasteiger partial charge in [-0.1, -0.05) is 19.8 Å². The third-order valence-electron chi connectivity index (χ3n) is 3.76. The van der Waals surface area contributed by atoms with E-state index in [1.54, 1.807) is 5.56 Å². The molecule has 0 saturated heterocycles. The monoisotopic (exact) mass is 237 g/mol. The smallest absolute Gasteiger partial charge is 0.00727 e. The second-order valence-corrected chi connectivity index (χ2v) is 6.02. The third kappa shape index (κ3) is 2.86. The fraction of sp³-hybridized carbons (Fsp3) is 0.714. The molecule has 2 heteroatoms. The van der Waals surface area contributed by atoms with Crippen LogP contribution < -0.4 is 5.32 Å². The predicted octanol–water partition coefficient (Wildman–Crippen LogP) is 4.08. The number of thiophene rings is 1. The van der Waals surface area contributed by atoms with Crippen LogP contribution in [0.5, 0.6) is 0 Å². The van der Waals surface area contributed by atoms with Crippen LogP contribution in [0.1, 0.15) is 55.4 Å². The molecular formula is C14H23NS. The van der Waals surface area contributed by atoms with E-state index in [2.05, 4.69) is 30.6 Å². The van der Waals surface area contributed by atoms with Gasteiger partial charge in [-0.3, -0.25) is 0 Å². The fourth-order valence-corrected chi connectivity index (χ4v) is 3.73. The molecule has 1 aromatic heterocycles. The Balaban J connectivity index is 2.05. The molecule has 0 amide bonds. The van der Waals surface area contributed by atoms with Gasteiger partial charge in [0.1, 0.15) is 0 Å². The van der Waals surface area contributed by atoms with E-state index in [9.17, 15) is 0 Å². The Labute approximate surface area is 103 Å². The van der Waals surface area contributed by atoms with E-state index in [1.165, 1.54) is 37.0 Å². The van der Waals surface area contributed by atoms with Crippen LogP contribution in [0.4, 0.5) is 0 Å². The van der Waals surface area contributed by atoms with Crippen molar-refractivity contribution < 1.29 is 0 Å². The quantitative estimate of drug-likeness (QED) is 0.781. The van der Waals surface area contributed by atoms with Gasteiger partial charge >= 0.3 is 0 Å². The van der Waals surface area contributed by atoms with Crippen LogP contribution in [-0.2, 0) is 0 Å². The van der Waals surface area contributed by atoms with Crippen LogP contribution >= 0.6 is 11.3 Å². The van der Waals surface area contributed by atoms with Gasteiger partial charge in [-0.05, 0) is 55.7 Å². The molecule has 1 heterocycles. The van der Waals surface area contributed by atoms with Gasteiger partial charge < -0.3 is 5.32 Å². The topological polar surface area (TPSA) is 12.0 Å². The summed E-state index contributed by atoms with van der Waals surface area (Å²) in [6, 6.07) is 3.09.